The van der Waals surface area contributed by atoms with Crippen LogP contribution in [0, 0.1) is 0 Å². The molecule has 1 atom stereocenters. The summed E-state index contributed by atoms with van der Waals surface area (Å²) in [6.45, 7) is 1.88. The molecular weight excluding hydrogens is 454 g/mol. The van der Waals surface area contributed by atoms with Crippen molar-refractivity contribution in [2.24, 2.45) is 0 Å². The summed E-state index contributed by atoms with van der Waals surface area (Å²) in [5.41, 5.74) is 11.1. The maximum atomic E-state index is 13.6. The van der Waals surface area contributed by atoms with Crippen LogP contribution in [0.3, 0.4) is 0 Å². The number of aliphatic hydroxyl groups excluding tert-OH is 1. The standard InChI is InChI=1S/C28H25N5O3/c29-28-30-24-10-9-17(21-7-3-4-8-22(21)26(35)32-12-11-20(34)16-32)13-23(24)25(31-28)27(36)33-14-18-5-1-2-6-19(18)15-33/h1-10,13,20,34H,11-12,14-16H2,(H2,29,30,31). The smallest absolute Gasteiger partial charge is 0.273 e. The normalized spacial score (nSPS) is 17.0. The van der Waals surface area contributed by atoms with Crippen LogP contribution in [0.2, 0.25) is 0 Å². The van der Waals surface area contributed by atoms with Crippen molar-refractivity contribution in [1.29, 1.82) is 0 Å². The number of hydrogen-bond donors (Lipinski definition) is 2. The summed E-state index contributed by atoms with van der Waals surface area (Å²) in [6.07, 6.45) is 0.0868. The van der Waals surface area contributed by atoms with Gasteiger partial charge in [-0.05, 0) is 46.9 Å². The predicted octanol–water partition coefficient (Wildman–Crippen LogP) is 3.24. The van der Waals surface area contributed by atoms with Crippen LogP contribution >= 0.6 is 0 Å². The maximum absolute atomic E-state index is 13.6. The zero-order valence-corrected chi connectivity index (χ0v) is 19.6. The van der Waals surface area contributed by atoms with Gasteiger partial charge < -0.3 is 20.6 Å². The summed E-state index contributed by atoms with van der Waals surface area (Å²) >= 11 is 0. The predicted molar refractivity (Wildman–Crippen MR) is 136 cm³/mol. The minimum atomic E-state index is -0.491. The Balaban J connectivity index is 1.40. The topological polar surface area (TPSA) is 113 Å². The van der Waals surface area contributed by atoms with E-state index in [-0.39, 0.29) is 23.5 Å². The Morgan fingerprint density at radius 2 is 1.61 bits per heavy atom. The molecule has 1 saturated heterocycles. The number of nitrogens with two attached hydrogens (primary N) is 1. The van der Waals surface area contributed by atoms with Gasteiger partial charge in [0, 0.05) is 37.1 Å². The molecule has 3 N–H and O–H groups in total. The van der Waals surface area contributed by atoms with Gasteiger partial charge in [0.2, 0.25) is 5.95 Å². The SMILES string of the molecule is Nc1nc(C(=O)N2Cc3ccccc3C2)c2cc(-c3ccccc3C(=O)N3CCC(O)C3)ccc2n1. The molecule has 8 nitrogen and oxygen atoms in total. The number of aromatic nitrogens is 2. The van der Waals surface area contributed by atoms with E-state index in [1.54, 1.807) is 21.9 Å². The number of carbonyl (C=O) groups is 2. The van der Waals surface area contributed by atoms with Crippen LogP contribution in [-0.4, -0.2) is 55.9 Å². The van der Waals surface area contributed by atoms with Crippen LogP contribution in [0.4, 0.5) is 5.95 Å². The molecule has 1 unspecified atom stereocenters. The largest absolute Gasteiger partial charge is 0.391 e. The number of nitrogen functional groups attached to an aromatic ring is 1. The Labute approximate surface area is 208 Å². The zero-order chi connectivity index (χ0) is 24.8. The summed E-state index contributed by atoms with van der Waals surface area (Å²) in [6, 6.07) is 20.9. The molecule has 1 fully saturated rings. The van der Waals surface area contributed by atoms with Crippen molar-refractivity contribution >= 4 is 28.7 Å². The third-order valence-electron chi connectivity index (χ3n) is 6.96. The number of likely N-dealkylation sites (tertiary alicyclic amines) is 1. The molecule has 2 aliphatic rings. The average Bonchev–Trinajstić information content (AvgIpc) is 3.53. The molecule has 4 aromatic rings. The highest BCUT2D eigenvalue weighted by atomic mass is 16.3. The van der Waals surface area contributed by atoms with Crippen molar-refractivity contribution in [3.05, 3.63) is 89.1 Å². The van der Waals surface area contributed by atoms with E-state index in [0.717, 1.165) is 22.3 Å². The lowest BCUT2D eigenvalue weighted by atomic mass is 9.97. The van der Waals surface area contributed by atoms with Gasteiger partial charge >= 0.3 is 0 Å². The average molecular weight is 480 g/mol. The Bertz CT molecular complexity index is 1490. The van der Waals surface area contributed by atoms with Gasteiger partial charge in [-0.15, -0.1) is 0 Å². The third kappa shape index (κ3) is 3.85. The number of anilines is 1. The van der Waals surface area contributed by atoms with Crippen LogP contribution in [0.5, 0.6) is 0 Å². The number of amides is 2. The highest BCUT2D eigenvalue weighted by Crippen LogP contribution is 2.31. The first-order chi connectivity index (χ1) is 17.5. The highest BCUT2D eigenvalue weighted by Gasteiger charge is 2.29. The first-order valence-corrected chi connectivity index (χ1v) is 12.0. The fraction of sp³-hybridized carbons (Fsp3) is 0.214. The van der Waals surface area contributed by atoms with Gasteiger partial charge in [-0.2, -0.15) is 0 Å². The molecule has 0 bridgehead atoms. The lowest BCUT2D eigenvalue weighted by molar-refractivity contribution is 0.0745. The first-order valence-electron chi connectivity index (χ1n) is 12.0. The van der Waals surface area contributed by atoms with Gasteiger partial charge in [-0.25, -0.2) is 9.97 Å². The lowest BCUT2D eigenvalue weighted by Crippen LogP contribution is -2.29. The molecule has 3 heterocycles. The molecule has 36 heavy (non-hydrogen) atoms. The molecule has 2 aliphatic heterocycles. The second-order valence-electron chi connectivity index (χ2n) is 9.33. The van der Waals surface area contributed by atoms with E-state index in [0.29, 0.717) is 49.1 Å². The van der Waals surface area contributed by atoms with Gasteiger partial charge in [0.05, 0.1) is 11.6 Å². The molecule has 2 amide bonds. The quantitative estimate of drug-likeness (QED) is 0.467. The van der Waals surface area contributed by atoms with E-state index in [1.165, 1.54) is 0 Å². The summed E-state index contributed by atoms with van der Waals surface area (Å²) in [7, 11) is 0. The molecule has 0 aliphatic carbocycles. The molecule has 6 rings (SSSR count). The Kier molecular flexibility index (Phi) is 5.38. The molecule has 1 aromatic heterocycles. The van der Waals surface area contributed by atoms with E-state index in [4.69, 9.17) is 5.73 Å². The van der Waals surface area contributed by atoms with Crippen molar-refractivity contribution in [1.82, 2.24) is 19.8 Å². The van der Waals surface area contributed by atoms with Gasteiger partial charge in [0.1, 0.15) is 5.69 Å². The summed E-state index contributed by atoms with van der Waals surface area (Å²) in [5.74, 6) is -0.293. The second-order valence-corrected chi connectivity index (χ2v) is 9.33. The highest BCUT2D eigenvalue weighted by molar-refractivity contribution is 6.07. The Morgan fingerprint density at radius 3 is 2.33 bits per heavy atom. The summed E-state index contributed by atoms with van der Waals surface area (Å²) in [4.78, 5) is 39.0. The molecule has 0 radical (unpaired) electrons. The Hall–Kier alpha value is -4.30. The number of nitrogens with zero attached hydrogens (tertiary/aromatic N) is 4. The minimum absolute atomic E-state index is 0.0403. The van der Waals surface area contributed by atoms with E-state index >= 15 is 0 Å². The Morgan fingerprint density at radius 1 is 0.889 bits per heavy atom. The zero-order valence-electron chi connectivity index (χ0n) is 19.6. The third-order valence-corrected chi connectivity index (χ3v) is 6.96. The number of rotatable bonds is 3. The molecule has 0 spiro atoms. The van der Waals surface area contributed by atoms with Gasteiger partial charge in [0.15, 0.2) is 0 Å². The first kappa shape index (κ1) is 22.2. The maximum Gasteiger partial charge on any atom is 0.273 e. The van der Waals surface area contributed by atoms with Crippen molar-refractivity contribution in [2.75, 3.05) is 18.8 Å². The number of hydrogen-bond acceptors (Lipinski definition) is 6. The fourth-order valence-corrected chi connectivity index (χ4v) is 5.12. The number of β-amino-alcohol motifs (C(OH)–C–C–N with tert-alkyl or cyclic N) is 1. The van der Waals surface area contributed by atoms with Crippen LogP contribution < -0.4 is 5.73 Å². The number of aliphatic hydroxyl groups is 1. The molecule has 3 aromatic carbocycles. The number of fused-ring (bicyclic) bond motifs is 2. The molecule has 0 saturated carbocycles. The van der Waals surface area contributed by atoms with E-state index in [1.807, 2.05) is 54.6 Å². The van der Waals surface area contributed by atoms with E-state index in [9.17, 15) is 14.7 Å². The van der Waals surface area contributed by atoms with Gasteiger partial charge in [-0.3, -0.25) is 9.59 Å². The van der Waals surface area contributed by atoms with Crippen molar-refractivity contribution in [2.45, 2.75) is 25.6 Å². The van der Waals surface area contributed by atoms with Crippen LogP contribution in [0.1, 0.15) is 38.4 Å². The molecule has 8 heteroatoms. The monoisotopic (exact) mass is 479 g/mol. The van der Waals surface area contributed by atoms with E-state index < -0.39 is 6.10 Å². The second kappa shape index (κ2) is 8.73. The van der Waals surface area contributed by atoms with Gasteiger partial charge in [0.25, 0.3) is 11.8 Å². The van der Waals surface area contributed by atoms with Crippen LogP contribution in [0.15, 0.2) is 66.7 Å². The van der Waals surface area contributed by atoms with Crippen molar-refractivity contribution in [3.8, 4) is 11.1 Å². The minimum Gasteiger partial charge on any atom is -0.391 e. The number of carbonyl (C=O) groups excluding carboxylic acids is 2. The summed E-state index contributed by atoms with van der Waals surface area (Å²) < 4.78 is 0. The van der Waals surface area contributed by atoms with E-state index in [2.05, 4.69) is 9.97 Å². The fourth-order valence-electron chi connectivity index (χ4n) is 5.12. The van der Waals surface area contributed by atoms with Crippen molar-refractivity contribution in [3.63, 3.8) is 0 Å². The number of benzene rings is 3. The van der Waals surface area contributed by atoms with Crippen LogP contribution in [-0.2, 0) is 13.1 Å². The molecule has 180 valence electrons. The molecular formula is C28H25N5O3. The van der Waals surface area contributed by atoms with Crippen molar-refractivity contribution < 1.29 is 14.7 Å². The summed E-state index contributed by atoms with van der Waals surface area (Å²) in [5, 5.41) is 10.5. The lowest BCUT2D eigenvalue weighted by Gasteiger charge is -2.19. The van der Waals surface area contributed by atoms with Gasteiger partial charge in [-0.1, -0.05) is 48.5 Å². The van der Waals surface area contributed by atoms with Crippen LogP contribution in [0.25, 0.3) is 22.0 Å².